The number of hydrogen-bond acceptors (Lipinski definition) is 5. The third-order valence-electron chi connectivity index (χ3n) is 4.40. The first-order valence-corrected chi connectivity index (χ1v) is 9.04. The molecular weight excluding hydrogens is 393 g/mol. The lowest BCUT2D eigenvalue weighted by Crippen LogP contribution is -2.06. The van der Waals surface area contributed by atoms with Crippen LogP contribution in [0.2, 0.25) is 0 Å². The highest BCUT2D eigenvalue weighted by atomic mass is 19.4. The molecule has 3 aromatic carbocycles. The van der Waals surface area contributed by atoms with Crippen LogP contribution in [0.3, 0.4) is 0 Å². The number of benzene rings is 3. The van der Waals surface area contributed by atoms with Crippen molar-refractivity contribution in [2.75, 3.05) is 17.7 Å². The van der Waals surface area contributed by atoms with Crippen molar-refractivity contribution in [3.8, 4) is 5.75 Å². The van der Waals surface area contributed by atoms with Crippen molar-refractivity contribution in [3.05, 3.63) is 78.4 Å². The maximum Gasteiger partial charge on any atom is 0.416 e. The smallest absolute Gasteiger partial charge is 0.416 e. The molecule has 152 valence electrons. The molecule has 0 aliphatic rings. The predicted octanol–water partition coefficient (Wildman–Crippen LogP) is 6.14. The number of anilines is 4. The van der Waals surface area contributed by atoms with Crippen LogP contribution in [0, 0.1) is 0 Å². The molecule has 8 heteroatoms. The van der Waals surface area contributed by atoms with E-state index in [0.29, 0.717) is 11.3 Å². The summed E-state index contributed by atoms with van der Waals surface area (Å²) < 4.78 is 44.2. The molecule has 0 amide bonds. The van der Waals surface area contributed by atoms with Crippen molar-refractivity contribution < 1.29 is 17.9 Å². The van der Waals surface area contributed by atoms with E-state index in [2.05, 4.69) is 20.6 Å². The largest absolute Gasteiger partial charge is 0.497 e. The van der Waals surface area contributed by atoms with E-state index in [1.54, 1.807) is 7.11 Å². The van der Waals surface area contributed by atoms with E-state index >= 15 is 0 Å². The zero-order valence-electron chi connectivity index (χ0n) is 15.9. The molecule has 0 bridgehead atoms. The van der Waals surface area contributed by atoms with Crippen molar-refractivity contribution in [1.82, 2.24) is 9.97 Å². The highest BCUT2D eigenvalue weighted by Gasteiger charge is 2.30. The van der Waals surface area contributed by atoms with Crippen LogP contribution >= 0.6 is 0 Å². The summed E-state index contributed by atoms with van der Waals surface area (Å²) in [5.41, 5.74) is 0.933. The molecule has 0 atom stereocenters. The second-order valence-electron chi connectivity index (χ2n) is 6.47. The Morgan fingerprint density at radius 2 is 1.57 bits per heavy atom. The lowest BCUT2D eigenvalue weighted by molar-refractivity contribution is -0.137. The fraction of sp³-hybridized carbons (Fsp3) is 0.0909. The van der Waals surface area contributed by atoms with Crippen LogP contribution in [0.1, 0.15) is 5.56 Å². The second-order valence-corrected chi connectivity index (χ2v) is 6.47. The zero-order valence-corrected chi connectivity index (χ0v) is 15.9. The van der Waals surface area contributed by atoms with Gasteiger partial charge in [-0.05, 0) is 54.6 Å². The minimum atomic E-state index is -4.43. The number of alkyl halides is 3. The summed E-state index contributed by atoms with van der Waals surface area (Å²) >= 11 is 0. The third-order valence-corrected chi connectivity index (χ3v) is 4.40. The van der Waals surface area contributed by atoms with Gasteiger partial charge < -0.3 is 15.4 Å². The Labute approximate surface area is 170 Å². The molecule has 0 spiro atoms. The Balaban J connectivity index is 1.69. The summed E-state index contributed by atoms with van der Waals surface area (Å²) in [6.07, 6.45) is -4.43. The van der Waals surface area contributed by atoms with E-state index in [1.165, 1.54) is 12.1 Å². The van der Waals surface area contributed by atoms with E-state index in [-0.39, 0.29) is 11.6 Å². The summed E-state index contributed by atoms with van der Waals surface area (Å²) in [6.45, 7) is 0. The van der Waals surface area contributed by atoms with Crippen LogP contribution in [0.15, 0.2) is 72.8 Å². The lowest BCUT2D eigenvalue weighted by Gasteiger charge is -2.13. The first-order valence-electron chi connectivity index (χ1n) is 9.04. The number of para-hydroxylation sites is 1. The summed E-state index contributed by atoms with van der Waals surface area (Å²) in [6, 6.07) is 19.6. The zero-order chi connectivity index (χ0) is 21.1. The van der Waals surface area contributed by atoms with Gasteiger partial charge in [-0.1, -0.05) is 18.2 Å². The highest BCUT2D eigenvalue weighted by molar-refractivity contribution is 5.92. The number of ether oxygens (including phenoxy) is 1. The van der Waals surface area contributed by atoms with Crippen molar-refractivity contribution >= 4 is 34.0 Å². The number of nitrogens with one attached hydrogen (secondary N) is 2. The van der Waals surface area contributed by atoms with Gasteiger partial charge in [0.1, 0.15) is 11.6 Å². The topological polar surface area (TPSA) is 59.1 Å². The standard InChI is InChI=1S/C22H17F3N4O/c1-30-17-11-9-15(10-12-17)26-20-18-7-2-3-8-19(18)28-21(29-20)27-16-6-4-5-14(13-16)22(23,24)25/h2-13H,1H3,(H2,26,27,28,29). The average Bonchev–Trinajstić information content (AvgIpc) is 2.74. The molecule has 2 N–H and O–H groups in total. The van der Waals surface area contributed by atoms with E-state index < -0.39 is 11.7 Å². The first kappa shape index (κ1) is 19.5. The molecule has 1 aromatic heterocycles. The minimum Gasteiger partial charge on any atom is -0.497 e. The summed E-state index contributed by atoms with van der Waals surface area (Å²) in [5, 5.41) is 6.88. The molecule has 0 aliphatic heterocycles. The van der Waals surface area contributed by atoms with Crippen LogP contribution in [0.4, 0.5) is 36.3 Å². The number of rotatable bonds is 5. The summed E-state index contributed by atoms with van der Waals surface area (Å²) in [4.78, 5) is 8.91. The molecule has 0 fully saturated rings. The third kappa shape index (κ3) is 4.27. The minimum absolute atomic E-state index is 0.184. The molecule has 30 heavy (non-hydrogen) atoms. The monoisotopic (exact) mass is 410 g/mol. The van der Waals surface area contributed by atoms with E-state index in [0.717, 1.165) is 29.0 Å². The number of halogens is 3. The van der Waals surface area contributed by atoms with E-state index in [1.807, 2.05) is 48.5 Å². The molecule has 0 radical (unpaired) electrons. The Morgan fingerprint density at radius 3 is 2.30 bits per heavy atom. The average molecular weight is 410 g/mol. The molecule has 0 unspecified atom stereocenters. The molecule has 0 saturated carbocycles. The molecule has 1 heterocycles. The maximum absolute atomic E-state index is 13.0. The van der Waals surface area contributed by atoms with Crippen LogP contribution in [-0.2, 0) is 6.18 Å². The van der Waals surface area contributed by atoms with Crippen LogP contribution in [0.5, 0.6) is 5.75 Å². The van der Waals surface area contributed by atoms with Gasteiger partial charge in [-0.15, -0.1) is 0 Å². The van der Waals surface area contributed by atoms with Crippen molar-refractivity contribution in [3.63, 3.8) is 0 Å². The van der Waals surface area contributed by atoms with E-state index in [9.17, 15) is 13.2 Å². The van der Waals surface area contributed by atoms with Crippen molar-refractivity contribution in [2.45, 2.75) is 6.18 Å². The fourth-order valence-corrected chi connectivity index (χ4v) is 2.94. The van der Waals surface area contributed by atoms with Gasteiger partial charge in [-0.25, -0.2) is 4.98 Å². The van der Waals surface area contributed by atoms with Gasteiger partial charge >= 0.3 is 6.18 Å². The van der Waals surface area contributed by atoms with Crippen molar-refractivity contribution in [1.29, 1.82) is 0 Å². The first-order chi connectivity index (χ1) is 14.4. The SMILES string of the molecule is COc1ccc(Nc2nc(Nc3cccc(C(F)(F)F)c3)nc3ccccc23)cc1. The number of nitrogens with zero attached hydrogens (tertiary/aromatic N) is 2. The molecule has 4 aromatic rings. The van der Waals surface area contributed by atoms with E-state index in [4.69, 9.17) is 4.74 Å². The molecule has 4 rings (SSSR count). The van der Waals surface area contributed by atoms with Crippen LogP contribution in [0.25, 0.3) is 10.9 Å². The number of fused-ring (bicyclic) bond motifs is 1. The van der Waals surface area contributed by atoms with Gasteiger partial charge in [0.15, 0.2) is 0 Å². The highest BCUT2D eigenvalue weighted by Crippen LogP contribution is 2.32. The molecule has 0 saturated heterocycles. The molecular formula is C22H17F3N4O. The van der Waals surface area contributed by atoms with Crippen LogP contribution in [-0.4, -0.2) is 17.1 Å². The molecule has 0 aliphatic carbocycles. The fourth-order valence-electron chi connectivity index (χ4n) is 2.94. The summed E-state index contributed by atoms with van der Waals surface area (Å²) in [5.74, 6) is 1.43. The van der Waals surface area contributed by atoms with Gasteiger partial charge in [0, 0.05) is 16.8 Å². The Bertz CT molecular complexity index is 1180. The number of aromatic nitrogens is 2. The predicted molar refractivity (Wildman–Crippen MR) is 111 cm³/mol. The van der Waals surface area contributed by atoms with Gasteiger partial charge in [0.05, 0.1) is 18.2 Å². The summed E-state index contributed by atoms with van der Waals surface area (Å²) in [7, 11) is 1.59. The quantitative estimate of drug-likeness (QED) is 0.414. The Hall–Kier alpha value is -3.81. The Kier molecular flexibility index (Phi) is 5.14. The Morgan fingerprint density at radius 1 is 0.800 bits per heavy atom. The lowest BCUT2D eigenvalue weighted by atomic mass is 10.2. The maximum atomic E-state index is 13.0. The van der Waals surface area contributed by atoms with Gasteiger partial charge in [0.2, 0.25) is 5.95 Å². The second kappa shape index (κ2) is 7.90. The van der Waals surface area contributed by atoms with Gasteiger partial charge in [0.25, 0.3) is 0 Å². The number of hydrogen-bond donors (Lipinski definition) is 2. The molecule has 5 nitrogen and oxygen atoms in total. The normalized spacial score (nSPS) is 11.3. The number of methoxy groups -OCH3 is 1. The van der Waals surface area contributed by atoms with Crippen molar-refractivity contribution in [2.24, 2.45) is 0 Å². The van der Waals surface area contributed by atoms with Gasteiger partial charge in [-0.2, -0.15) is 18.2 Å². The van der Waals surface area contributed by atoms with Crippen LogP contribution < -0.4 is 15.4 Å². The van der Waals surface area contributed by atoms with Gasteiger partial charge in [-0.3, -0.25) is 0 Å².